The van der Waals surface area contributed by atoms with Gasteiger partial charge in [0.2, 0.25) is 0 Å². The smallest absolute Gasteiger partial charge is 0.303 e. The molecule has 0 fully saturated rings. The number of carbonyl (C=O) groups is 1. The maximum absolute atomic E-state index is 10.2. The van der Waals surface area contributed by atoms with Gasteiger partial charge in [-0.25, -0.2) is 0 Å². The highest BCUT2D eigenvalue weighted by Gasteiger charge is 1.97. The van der Waals surface area contributed by atoms with Crippen LogP contribution < -0.4 is 5.32 Å². The van der Waals surface area contributed by atoms with Crippen molar-refractivity contribution in [1.29, 1.82) is 0 Å². The van der Waals surface area contributed by atoms with Crippen LogP contribution in [-0.4, -0.2) is 42.0 Å². The fourth-order valence-corrected chi connectivity index (χ4v) is 2.49. The Kier molecular flexibility index (Phi) is 11.6. The zero-order chi connectivity index (χ0) is 12.2. The minimum Gasteiger partial charge on any atom is -0.481 e. The van der Waals surface area contributed by atoms with Crippen LogP contribution in [0.1, 0.15) is 26.7 Å². The van der Waals surface area contributed by atoms with Crippen LogP contribution in [-0.2, 0) is 9.53 Å². The number of rotatable bonds is 11. The average Bonchev–Trinajstić information content (AvgIpc) is 2.20. The molecule has 0 rings (SSSR count). The number of nitrogens with one attached hydrogen (secondary N) is 1. The summed E-state index contributed by atoms with van der Waals surface area (Å²) in [6, 6.07) is 0.540. The highest BCUT2D eigenvalue weighted by Crippen LogP contribution is 2.20. The van der Waals surface area contributed by atoms with Crippen LogP contribution in [0.5, 0.6) is 0 Å². The van der Waals surface area contributed by atoms with Crippen molar-refractivity contribution in [3.8, 4) is 0 Å². The molecular formula is C10H21NO3S2. The van der Waals surface area contributed by atoms with E-state index in [1.807, 2.05) is 0 Å². The molecule has 0 aromatic rings. The summed E-state index contributed by atoms with van der Waals surface area (Å²) in [5.74, 6) is 0.929. The molecule has 96 valence electrons. The topological polar surface area (TPSA) is 58.6 Å². The normalized spacial score (nSPS) is 10.9. The van der Waals surface area contributed by atoms with E-state index in [0.717, 1.165) is 12.3 Å². The summed E-state index contributed by atoms with van der Waals surface area (Å²) in [4.78, 5) is 10.2. The van der Waals surface area contributed by atoms with Gasteiger partial charge >= 0.3 is 5.97 Å². The molecule has 0 aromatic carbocycles. The molecule has 16 heavy (non-hydrogen) atoms. The van der Waals surface area contributed by atoms with Gasteiger partial charge in [0.05, 0.1) is 0 Å². The van der Waals surface area contributed by atoms with Crippen LogP contribution in [0.15, 0.2) is 0 Å². The molecule has 0 aliphatic carbocycles. The Hall–Kier alpha value is 0.0900. The predicted molar refractivity (Wildman–Crippen MR) is 70.9 cm³/mol. The number of carboxylic acids is 1. The largest absolute Gasteiger partial charge is 0.481 e. The molecule has 0 saturated carbocycles. The van der Waals surface area contributed by atoms with Gasteiger partial charge in [0, 0.05) is 31.4 Å². The second-order valence-corrected chi connectivity index (χ2v) is 6.10. The monoisotopic (exact) mass is 267 g/mol. The molecule has 0 saturated heterocycles. The lowest BCUT2D eigenvalue weighted by Crippen LogP contribution is -2.24. The first kappa shape index (κ1) is 16.1. The van der Waals surface area contributed by atoms with Gasteiger partial charge in [0.25, 0.3) is 0 Å². The van der Waals surface area contributed by atoms with E-state index in [0.29, 0.717) is 25.0 Å². The fraction of sp³-hybridized carbons (Fsp3) is 0.900. The molecule has 0 unspecified atom stereocenters. The summed E-state index contributed by atoms with van der Waals surface area (Å²) in [5, 5.41) is 11.7. The minimum atomic E-state index is -0.759. The van der Waals surface area contributed by atoms with E-state index in [4.69, 9.17) is 9.84 Å². The van der Waals surface area contributed by atoms with Crippen LogP contribution in [0.25, 0.3) is 0 Å². The van der Waals surface area contributed by atoms with Crippen molar-refractivity contribution < 1.29 is 14.6 Å². The number of hydrogen-bond donors (Lipinski definition) is 2. The van der Waals surface area contributed by atoms with Gasteiger partial charge in [0.1, 0.15) is 5.94 Å². The molecule has 0 spiro atoms. The first-order valence-corrected chi connectivity index (χ1v) is 7.89. The molecule has 6 heteroatoms. The van der Waals surface area contributed by atoms with Crippen LogP contribution in [0.3, 0.4) is 0 Å². The van der Waals surface area contributed by atoms with Gasteiger partial charge in [-0.2, -0.15) is 0 Å². The third-order valence-corrected chi connectivity index (χ3v) is 3.72. The van der Waals surface area contributed by atoms with Crippen molar-refractivity contribution in [1.82, 2.24) is 5.32 Å². The molecule has 0 aliphatic rings. The number of aliphatic carboxylic acids is 1. The molecular weight excluding hydrogens is 246 g/mol. The van der Waals surface area contributed by atoms with Gasteiger partial charge in [-0.15, -0.1) is 0 Å². The molecule has 4 nitrogen and oxygen atoms in total. The summed E-state index contributed by atoms with van der Waals surface area (Å²) < 4.78 is 5.27. The molecule has 0 aromatic heterocycles. The first-order valence-electron chi connectivity index (χ1n) is 5.40. The van der Waals surface area contributed by atoms with E-state index in [9.17, 15) is 4.79 Å². The van der Waals surface area contributed by atoms with E-state index >= 15 is 0 Å². The molecule has 0 bridgehead atoms. The van der Waals surface area contributed by atoms with Crippen LogP contribution in [0, 0.1) is 0 Å². The fourth-order valence-electron chi connectivity index (χ4n) is 0.901. The van der Waals surface area contributed by atoms with Crippen molar-refractivity contribution in [3.63, 3.8) is 0 Å². The molecule has 0 aliphatic heterocycles. The zero-order valence-corrected chi connectivity index (χ0v) is 11.5. The highest BCUT2D eigenvalue weighted by molar-refractivity contribution is 8.76. The Labute approximate surface area is 105 Å². The maximum Gasteiger partial charge on any atom is 0.303 e. The Morgan fingerprint density at radius 3 is 2.81 bits per heavy atom. The lowest BCUT2D eigenvalue weighted by atomic mass is 10.3. The molecule has 0 atom stereocenters. The molecule has 0 amide bonds. The Morgan fingerprint density at radius 2 is 2.19 bits per heavy atom. The zero-order valence-electron chi connectivity index (χ0n) is 9.90. The van der Waals surface area contributed by atoms with Gasteiger partial charge in [0.15, 0.2) is 0 Å². The van der Waals surface area contributed by atoms with E-state index in [1.165, 1.54) is 0 Å². The standard InChI is InChI=1S/C10H21NO3S2/c1-9(2)11-5-7-15-16-8-14-6-3-4-10(12)13/h9,11H,3-8H2,1-2H3,(H,12,13). The lowest BCUT2D eigenvalue weighted by Gasteiger charge is -2.07. The second kappa shape index (κ2) is 11.6. The summed E-state index contributed by atoms with van der Waals surface area (Å²) in [6.07, 6.45) is 0.783. The maximum atomic E-state index is 10.2. The molecule has 2 N–H and O–H groups in total. The summed E-state index contributed by atoms with van der Waals surface area (Å²) in [7, 11) is 3.44. The van der Waals surface area contributed by atoms with Crippen molar-refractivity contribution in [2.75, 3.05) is 24.8 Å². The summed E-state index contributed by atoms with van der Waals surface area (Å²) >= 11 is 0. The van der Waals surface area contributed by atoms with Crippen LogP contribution in [0.4, 0.5) is 0 Å². The third kappa shape index (κ3) is 14.1. The van der Waals surface area contributed by atoms with Gasteiger partial charge in [-0.1, -0.05) is 35.4 Å². The van der Waals surface area contributed by atoms with E-state index in [-0.39, 0.29) is 6.42 Å². The van der Waals surface area contributed by atoms with Gasteiger partial charge in [-0.3, -0.25) is 4.79 Å². The van der Waals surface area contributed by atoms with E-state index in [2.05, 4.69) is 19.2 Å². The lowest BCUT2D eigenvalue weighted by molar-refractivity contribution is -0.137. The van der Waals surface area contributed by atoms with Crippen molar-refractivity contribution in [2.24, 2.45) is 0 Å². The van der Waals surface area contributed by atoms with Crippen LogP contribution >= 0.6 is 21.6 Å². The number of ether oxygens (including phenoxy) is 1. The van der Waals surface area contributed by atoms with Gasteiger partial charge < -0.3 is 15.2 Å². The second-order valence-electron chi connectivity index (χ2n) is 3.57. The van der Waals surface area contributed by atoms with E-state index < -0.39 is 5.97 Å². The average molecular weight is 267 g/mol. The third-order valence-electron chi connectivity index (χ3n) is 1.63. The first-order chi connectivity index (χ1) is 7.63. The van der Waals surface area contributed by atoms with Gasteiger partial charge in [-0.05, 0) is 6.42 Å². The summed E-state index contributed by atoms with van der Waals surface area (Å²) in [5.41, 5.74) is 0. The number of hydrogen-bond acceptors (Lipinski definition) is 5. The van der Waals surface area contributed by atoms with E-state index in [1.54, 1.807) is 21.6 Å². The quantitative estimate of drug-likeness (QED) is 0.340. The van der Waals surface area contributed by atoms with Crippen molar-refractivity contribution in [3.05, 3.63) is 0 Å². The minimum absolute atomic E-state index is 0.191. The Bertz CT molecular complexity index is 179. The number of carboxylic acid groups (broad SMARTS) is 1. The predicted octanol–water partition coefficient (Wildman–Crippen LogP) is 2.20. The Balaban J connectivity index is 2.96. The SMILES string of the molecule is CC(C)NCCSSCOCCCC(=O)O. The molecule has 0 radical (unpaired) electrons. The van der Waals surface area contributed by atoms with Crippen molar-refractivity contribution in [2.45, 2.75) is 32.7 Å². The summed E-state index contributed by atoms with van der Waals surface area (Å²) in [6.45, 7) is 5.80. The van der Waals surface area contributed by atoms with Crippen molar-refractivity contribution >= 4 is 27.6 Å². The molecule has 0 heterocycles. The van der Waals surface area contributed by atoms with Crippen LogP contribution in [0.2, 0.25) is 0 Å². The highest BCUT2D eigenvalue weighted by atomic mass is 33.1. The Morgan fingerprint density at radius 1 is 1.44 bits per heavy atom.